The third kappa shape index (κ3) is 2.47. The normalized spacial score (nSPS) is 13.9. The van der Waals surface area contributed by atoms with Crippen molar-refractivity contribution in [1.29, 1.82) is 0 Å². The number of hydrogen-bond donors (Lipinski definition) is 3. The van der Waals surface area contributed by atoms with Gasteiger partial charge in [0.1, 0.15) is 11.5 Å². The Morgan fingerprint density at radius 1 is 1.43 bits per heavy atom. The average Bonchev–Trinajstić information content (AvgIpc) is 3.04. The quantitative estimate of drug-likeness (QED) is 0.774. The monoisotopic (exact) mass is 289 g/mol. The smallest absolute Gasteiger partial charge is 0.354 e. The lowest BCUT2D eigenvalue weighted by atomic mass is 10.3. The molecule has 8 nitrogen and oxygen atoms in total. The summed E-state index contributed by atoms with van der Waals surface area (Å²) >= 11 is 0. The number of aryl methyl sites for hydroxylation is 1. The fraction of sp³-hybridized carbons (Fsp3) is 0.308. The molecule has 0 aromatic carbocycles. The number of fused-ring (bicyclic) bond motifs is 1. The molecule has 2 aromatic heterocycles. The van der Waals surface area contributed by atoms with Crippen molar-refractivity contribution in [2.75, 3.05) is 11.9 Å². The summed E-state index contributed by atoms with van der Waals surface area (Å²) < 4.78 is 1.99. The van der Waals surface area contributed by atoms with Gasteiger partial charge >= 0.3 is 12.0 Å². The van der Waals surface area contributed by atoms with Crippen molar-refractivity contribution in [3.63, 3.8) is 0 Å². The van der Waals surface area contributed by atoms with Crippen molar-refractivity contribution < 1.29 is 14.7 Å². The maximum atomic E-state index is 12.3. The predicted molar refractivity (Wildman–Crippen MR) is 74.1 cm³/mol. The number of aromatic carboxylic acids is 1. The Bertz CT molecular complexity index is 702. The van der Waals surface area contributed by atoms with E-state index >= 15 is 0 Å². The number of nitrogens with one attached hydrogen (secondary N) is 2. The first kappa shape index (κ1) is 13.2. The number of urea groups is 1. The first-order valence-electron chi connectivity index (χ1n) is 6.53. The molecular formula is C13H15N5O3. The summed E-state index contributed by atoms with van der Waals surface area (Å²) in [4.78, 5) is 31.9. The van der Waals surface area contributed by atoms with E-state index in [-0.39, 0.29) is 17.4 Å². The fourth-order valence-corrected chi connectivity index (χ4v) is 2.40. The van der Waals surface area contributed by atoms with Crippen molar-refractivity contribution in [3.8, 4) is 0 Å². The Morgan fingerprint density at radius 3 is 3.00 bits per heavy atom. The average molecular weight is 289 g/mol. The largest absolute Gasteiger partial charge is 0.477 e. The zero-order valence-corrected chi connectivity index (χ0v) is 11.5. The highest BCUT2D eigenvalue weighted by molar-refractivity contribution is 5.99. The number of anilines is 1. The van der Waals surface area contributed by atoms with Gasteiger partial charge in [0.15, 0.2) is 0 Å². The summed E-state index contributed by atoms with van der Waals surface area (Å²) in [5.74, 6) is -0.285. The van der Waals surface area contributed by atoms with Crippen LogP contribution >= 0.6 is 0 Å². The molecular weight excluding hydrogens is 274 g/mol. The number of carbonyl (C=O) groups excluding carboxylic acids is 1. The van der Waals surface area contributed by atoms with E-state index in [0.29, 0.717) is 25.3 Å². The summed E-state index contributed by atoms with van der Waals surface area (Å²) in [6.07, 6.45) is 3.58. The van der Waals surface area contributed by atoms with E-state index < -0.39 is 5.97 Å². The maximum absolute atomic E-state index is 12.3. The molecule has 1 aliphatic rings. The summed E-state index contributed by atoms with van der Waals surface area (Å²) in [6, 6.07) is 1.28. The minimum Gasteiger partial charge on any atom is -0.477 e. The number of carboxylic acids is 1. The van der Waals surface area contributed by atoms with Crippen molar-refractivity contribution in [1.82, 2.24) is 19.4 Å². The summed E-state index contributed by atoms with van der Waals surface area (Å²) in [7, 11) is 0. The molecule has 0 spiro atoms. The molecule has 3 rings (SSSR count). The molecule has 0 atom stereocenters. The van der Waals surface area contributed by atoms with Gasteiger partial charge in [-0.15, -0.1) is 0 Å². The molecule has 0 radical (unpaired) electrons. The molecule has 1 aliphatic heterocycles. The van der Waals surface area contributed by atoms with Crippen LogP contribution in [0.5, 0.6) is 0 Å². The number of rotatable bonds is 2. The second-order valence-corrected chi connectivity index (χ2v) is 4.93. The van der Waals surface area contributed by atoms with E-state index in [2.05, 4.69) is 15.3 Å². The summed E-state index contributed by atoms with van der Waals surface area (Å²) in [5, 5.41) is 11.7. The predicted octanol–water partition coefficient (Wildman–Crippen LogP) is 1.27. The Hall–Kier alpha value is -2.77. The maximum Gasteiger partial charge on any atom is 0.354 e. The van der Waals surface area contributed by atoms with Crippen molar-refractivity contribution in [2.24, 2.45) is 0 Å². The first-order chi connectivity index (χ1) is 10.0. The molecule has 8 heteroatoms. The van der Waals surface area contributed by atoms with Crippen LogP contribution in [0, 0.1) is 6.92 Å². The number of carbonyl (C=O) groups is 2. The van der Waals surface area contributed by atoms with Gasteiger partial charge in [-0.1, -0.05) is 0 Å². The highest BCUT2D eigenvalue weighted by Gasteiger charge is 2.23. The van der Waals surface area contributed by atoms with Crippen LogP contribution < -0.4 is 5.32 Å². The van der Waals surface area contributed by atoms with E-state index in [1.807, 2.05) is 10.8 Å². The Morgan fingerprint density at radius 2 is 2.24 bits per heavy atom. The zero-order chi connectivity index (χ0) is 15.0. The number of nitrogens with zero attached hydrogens (tertiary/aromatic N) is 3. The lowest BCUT2D eigenvalue weighted by Crippen LogP contribution is -2.40. The highest BCUT2D eigenvalue weighted by atomic mass is 16.4. The molecule has 3 heterocycles. The Labute approximate surface area is 120 Å². The van der Waals surface area contributed by atoms with Gasteiger partial charge in [0, 0.05) is 31.2 Å². The minimum absolute atomic E-state index is 0.0145. The number of amides is 2. The number of aromatic amines is 1. The fourth-order valence-electron chi connectivity index (χ4n) is 2.40. The van der Waals surface area contributed by atoms with Gasteiger partial charge in [-0.2, -0.15) is 0 Å². The zero-order valence-electron chi connectivity index (χ0n) is 11.5. The third-order valence-corrected chi connectivity index (χ3v) is 3.44. The standard InChI is InChI=1S/C13H15N5O3/c1-8-6-9(11(15-8)12(19)20)16-13(21)18-5-4-17-3-2-14-10(17)7-18/h2-3,6,15H,4-5,7H2,1H3,(H,16,21)(H,19,20). The molecule has 0 saturated heterocycles. The van der Waals surface area contributed by atoms with Gasteiger partial charge in [0.05, 0.1) is 12.2 Å². The molecule has 2 aromatic rings. The van der Waals surface area contributed by atoms with Crippen LogP contribution in [0.25, 0.3) is 0 Å². The number of imidazole rings is 1. The molecule has 3 N–H and O–H groups in total. The van der Waals surface area contributed by atoms with Crippen molar-refractivity contribution >= 4 is 17.7 Å². The Kier molecular flexibility index (Phi) is 3.13. The van der Waals surface area contributed by atoms with Gasteiger partial charge in [-0.25, -0.2) is 14.6 Å². The van der Waals surface area contributed by atoms with E-state index in [4.69, 9.17) is 5.11 Å². The van der Waals surface area contributed by atoms with E-state index in [1.165, 1.54) is 0 Å². The lowest BCUT2D eigenvalue weighted by molar-refractivity contribution is 0.0692. The SMILES string of the molecule is Cc1cc(NC(=O)N2CCn3ccnc3C2)c(C(=O)O)[nH]1. The van der Waals surface area contributed by atoms with Crippen LogP contribution in [0.4, 0.5) is 10.5 Å². The third-order valence-electron chi connectivity index (χ3n) is 3.44. The molecule has 0 aliphatic carbocycles. The van der Waals surface area contributed by atoms with Crippen LogP contribution in [0.1, 0.15) is 22.0 Å². The highest BCUT2D eigenvalue weighted by Crippen LogP contribution is 2.18. The second kappa shape index (κ2) is 4.97. The van der Waals surface area contributed by atoms with Gasteiger partial charge in [0.25, 0.3) is 0 Å². The summed E-state index contributed by atoms with van der Waals surface area (Å²) in [5.41, 5.74) is 0.940. The molecule has 0 bridgehead atoms. The topological polar surface area (TPSA) is 103 Å². The number of hydrogen-bond acceptors (Lipinski definition) is 3. The van der Waals surface area contributed by atoms with Crippen LogP contribution in [-0.2, 0) is 13.1 Å². The second-order valence-electron chi connectivity index (χ2n) is 4.93. The van der Waals surface area contributed by atoms with Gasteiger partial charge < -0.3 is 24.9 Å². The van der Waals surface area contributed by atoms with Gasteiger partial charge in [-0.3, -0.25) is 0 Å². The molecule has 0 saturated carbocycles. The van der Waals surface area contributed by atoms with Gasteiger partial charge in [-0.05, 0) is 13.0 Å². The van der Waals surface area contributed by atoms with E-state index in [1.54, 1.807) is 24.1 Å². The van der Waals surface area contributed by atoms with Crippen LogP contribution in [-0.4, -0.2) is 43.1 Å². The van der Waals surface area contributed by atoms with E-state index in [9.17, 15) is 9.59 Å². The first-order valence-corrected chi connectivity index (χ1v) is 6.53. The molecule has 110 valence electrons. The lowest BCUT2D eigenvalue weighted by Gasteiger charge is -2.27. The minimum atomic E-state index is -1.10. The molecule has 21 heavy (non-hydrogen) atoms. The number of carboxylic acid groups (broad SMARTS) is 1. The van der Waals surface area contributed by atoms with E-state index in [0.717, 1.165) is 5.82 Å². The van der Waals surface area contributed by atoms with Crippen molar-refractivity contribution in [2.45, 2.75) is 20.0 Å². The van der Waals surface area contributed by atoms with Crippen molar-refractivity contribution in [3.05, 3.63) is 35.7 Å². The number of H-pyrrole nitrogens is 1. The van der Waals surface area contributed by atoms with Crippen LogP contribution in [0.3, 0.4) is 0 Å². The number of aromatic nitrogens is 3. The van der Waals surface area contributed by atoms with Crippen LogP contribution in [0.15, 0.2) is 18.5 Å². The van der Waals surface area contributed by atoms with Gasteiger partial charge in [0.2, 0.25) is 0 Å². The Balaban J connectivity index is 1.74. The van der Waals surface area contributed by atoms with Crippen LogP contribution in [0.2, 0.25) is 0 Å². The molecule has 2 amide bonds. The summed E-state index contributed by atoms with van der Waals surface area (Å²) in [6.45, 7) is 3.38. The molecule has 0 fully saturated rings. The molecule has 0 unspecified atom stereocenters.